The number of nitrogens with zero attached hydrogens (tertiary/aromatic N) is 1. The molecule has 2 rings (SSSR count). The number of hydrogen-bond donors (Lipinski definition) is 1. The maximum Gasteiger partial charge on any atom is 0.227 e. The topological polar surface area (TPSA) is 91.3 Å². The molecule has 1 aromatic carbocycles. The number of thiazole rings is 1. The van der Waals surface area contributed by atoms with Crippen LogP contribution in [-0.4, -0.2) is 23.5 Å². The van der Waals surface area contributed by atoms with Gasteiger partial charge in [0.2, 0.25) is 5.91 Å². The summed E-state index contributed by atoms with van der Waals surface area (Å²) in [6.07, 6.45) is 0.979. The van der Waals surface area contributed by atoms with Crippen LogP contribution in [0.4, 0.5) is 0 Å². The van der Waals surface area contributed by atoms with E-state index in [4.69, 9.17) is 4.74 Å². The number of amides is 1. The molecule has 1 heterocycles. The van der Waals surface area contributed by atoms with Crippen LogP contribution in [0.3, 0.4) is 0 Å². The van der Waals surface area contributed by atoms with Crippen molar-refractivity contribution in [2.24, 2.45) is 0 Å². The number of carbonyl (C=O) groups excluding carboxylic acids is 2. The number of carbonyl (C=O) groups is 2. The van der Waals surface area contributed by atoms with Gasteiger partial charge in [0.05, 0.1) is 29.6 Å². The van der Waals surface area contributed by atoms with E-state index in [1.54, 1.807) is 6.92 Å². The fraction of sp³-hybridized carbons (Fsp3) is 0.353. The van der Waals surface area contributed by atoms with Crippen LogP contribution in [0.1, 0.15) is 39.3 Å². The summed E-state index contributed by atoms with van der Waals surface area (Å²) in [5.74, 6) is -0.702. The first-order valence-corrected chi connectivity index (χ1v) is 8.47. The lowest BCUT2D eigenvalue weighted by Gasteiger charge is -2.08. The Kier molecular flexibility index (Phi) is 6.31. The molecule has 0 saturated carbocycles. The minimum absolute atomic E-state index is 0.0464. The highest BCUT2D eigenvalue weighted by molar-refractivity contribution is 7.13. The molecule has 1 aromatic heterocycles. The fourth-order valence-electron chi connectivity index (χ4n) is 2.08. The standard InChI is InChI=1S/C17H20N2O4S/c1-3-7-23-13-6-4-5-12(8-13)10-18-14(20)9-15-19-11(2)16(24-15)17(21)22/h4-6,8H,3,7,9-10H2,1-2H3,(H,18,20)(H,21,22)/p-1. The van der Waals surface area contributed by atoms with Gasteiger partial charge in [-0.05, 0) is 31.0 Å². The third kappa shape index (κ3) is 5.06. The van der Waals surface area contributed by atoms with Crippen LogP contribution in [0.15, 0.2) is 24.3 Å². The van der Waals surface area contributed by atoms with E-state index < -0.39 is 5.97 Å². The number of hydrogen-bond acceptors (Lipinski definition) is 6. The van der Waals surface area contributed by atoms with Gasteiger partial charge in [0.15, 0.2) is 0 Å². The molecule has 0 bridgehead atoms. The number of aromatic carboxylic acids is 1. The smallest absolute Gasteiger partial charge is 0.227 e. The molecule has 24 heavy (non-hydrogen) atoms. The van der Waals surface area contributed by atoms with Crippen molar-refractivity contribution >= 4 is 23.2 Å². The number of nitrogens with one attached hydrogen (secondary N) is 1. The van der Waals surface area contributed by atoms with Crippen molar-refractivity contribution in [2.45, 2.75) is 33.2 Å². The van der Waals surface area contributed by atoms with E-state index in [0.717, 1.165) is 29.1 Å². The molecule has 0 spiro atoms. The van der Waals surface area contributed by atoms with Crippen LogP contribution in [-0.2, 0) is 17.8 Å². The Morgan fingerprint density at radius 3 is 2.83 bits per heavy atom. The predicted octanol–water partition coefficient (Wildman–Crippen LogP) is 1.46. The second kappa shape index (κ2) is 8.44. The third-order valence-electron chi connectivity index (χ3n) is 3.20. The maximum absolute atomic E-state index is 12.0. The van der Waals surface area contributed by atoms with Crippen molar-refractivity contribution in [1.29, 1.82) is 0 Å². The van der Waals surface area contributed by atoms with Crippen LogP contribution >= 0.6 is 11.3 Å². The fourth-order valence-corrected chi connectivity index (χ4v) is 2.98. The molecule has 1 N–H and O–H groups in total. The van der Waals surface area contributed by atoms with E-state index in [9.17, 15) is 14.7 Å². The Morgan fingerprint density at radius 1 is 1.38 bits per heavy atom. The second-order valence-corrected chi connectivity index (χ2v) is 6.34. The van der Waals surface area contributed by atoms with Crippen molar-refractivity contribution in [2.75, 3.05) is 6.61 Å². The lowest BCUT2D eigenvalue weighted by Crippen LogP contribution is -2.24. The van der Waals surface area contributed by atoms with E-state index in [1.807, 2.05) is 31.2 Å². The second-order valence-electron chi connectivity index (χ2n) is 5.26. The lowest BCUT2D eigenvalue weighted by molar-refractivity contribution is -0.254. The molecule has 128 valence electrons. The number of carboxylic acids is 1. The minimum atomic E-state index is -1.26. The van der Waals surface area contributed by atoms with Crippen molar-refractivity contribution < 1.29 is 19.4 Å². The normalized spacial score (nSPS) is 10.4. The van der Waals surface area contributed by atoms with E-state index >= 15 is 0 Å². The molecule has 0 aliphatic rings. The van der Waals surface area contributed by atoms with Crippen LogP contribution in [0.25, 0.3) is 0 Å². The molecular weight excluding hydrogens is 328 g/mol. The van der Waals surface area contributed by atoms with Gasteiger partial charge in [-0.1, -0.05) is 19.1 Å². The van der Waals surface area contributed by atoms with Gasteiger partial charge in [0.1, 0.15) is 10.8 Å². The Labute approximate surface area is 144 Å². The summed E-state index contributed by atoms with van der Waals surface area (Å²) in [7, 11) is 0. The summed E-state index contributed by atoms with van der Waals surface area (Å²) in [4.78, 5) is 27.0. The zero-order chi connectivity index (χ0) is 17.5. The number of ether oxygens (including phenoxy) is 1. The Bertz CT molecular complexity index is 727. The van der Waals surface area contributed by atoms with Gasteiger partial charge in [0.25, 0.3) is 0 Å². The van der Waals surface area contributed by atoms with Crippen molar-refractivity contribution in [3.63, 3.8) is 0 Å². The summed E-state index contributed by atoms with van der Waals surface area (Å²) >= 11 is 0.975. The monoisotopic (exact) mass is 347 g/mol. The zero-order valence-corrected chi connectivity index (χ0v) is 14.4. The quantitative estimate of drug-likeness (QED) is 0.781. The number of benzene rings is 1. The first kappa shape index (κ1) is 17.9. The van der Waals surface area contributed by atoms with Crippen LogP contribution in [0, 0.1) is 6.92 Å². The highest BCUT2D eigenvalue weighted by Gasteiger charge is 2.12. The predicted molar refractivity (Wildman–Crippen MR) is 89.0 cm³/mol. The lowest BCUT2D eigenvalue weighted by atomic mass is 10.2. The average molecular weight is 347 g/mol. The van der Waals surface area contributed by atoms with Crippen LogP contribution < -0.4 is 15.2 Å². The number of aryl methyl sites for hydroxylation is 1. The Hall–Kier alpha value is -2.41. The third-order valence-corrected chi connectivity index (χ3v) is 4.34. The molecule has 7 heteroatoms. The molecular formula is C17H19N2O4S-. The molecule has 0 aliphatic carbocycles. The molecule has 6 nitrogen and oxygen atoms in total. The van der Waals surface area contributed by atoms with E-state index in [1.165, 1.54) is 0 Å². The van der Waals surface area contributed by atoms with Gasteiger partial charge >= 0.3 is 0 Å². The van der Waals surface area contributed by atoms with Gasteiger partial charge in [0, 0.05) is 6.54 Å². The summed E-state index contributed by atoms with van der Waals surface area (Å²) in [5, 5.41) is 14.1. The van der Waals surface area contributed by atoms with Gasteiger partial charge in [-0.3, -0.25) is 4.79 Å². The van der Waals surface area contributed by atoms with Gasteiger partial charge in [-0.15, -0.1) is 11.3 Å². The van der Waals surface area contributed by atoms with Gasteiger partial charge in [-0.2, -0.15) is 0 Å². The highest BCUT2D eigenvalue weighted by Crippen LogP contribution is 2.18. The highest BCUT2D eigenvalue weighted by atomic mass is 32.1. The summed E-state index contributed by atoms with van der Waals surface area (Å²) in [6, 6.07) is 7.54. The Balaban J connectivity index is 1.89. The molecule has 0 radical (unpaired) electrons. The Morgan fingerprint density at radius 2 is 2.17 bits per heavy atom. The average Bonchev–Trinajstić information content (AvgIpc) is 2.92. The minimum Gasteiger partial charge on any atom is -0.544 e. The molecule has 0 atom stereocenters. The first-order chi connectivity index (χ1) is 11.5. The molecule has 0 unspecified atom stereocenters. The van der Waals surface area contributed by atoms with Gasteiger partial charge < -0.3 is 20.0 Å². The summed E-state index contributed by atoms with van der Waals surface area (Å²) in [5.41, 5.74) is 1.31. The van der Waals surface area contributed by atoms with Crippen molar-refractivity contribution in [3.8, 4) is 5.75 Å². The van der Waals surface area contributed by atoms with Crippen molar-refractivity contribution in [3.05, 3.63) is 45.4 Å². The molecule has 0 aliphatic heterocycles. The molecule has 2 aromatic rings. The maximum atomic E-state index is 12.0. The molecule has 0 fully saturated rings. The number of rotatable bonds is 8. The molecule has 0 saturated heterocycles. The largest absolute Gasteiger partial charge is 0.544 e. The zero-order valence-electron chi connectivity index (χ0n) is 13.6. The van der Waals surface area contributed by atoms with E-state index in [-0.39, 0.29) is 17.2 Å². The SMILES string of the molecule is CCCOc1cccc(CNC(=O)Cc2nc(C)c(C(=O)[O-])s2)c1. The van der Waals surface area contributed by atoms with Gasteiger partial charge in [-0.25, -0.2) is 4.98 Å². The summed E-state index contributed by atoms with van der Waals surface area (Å²) in [6.45, 7) is 4.65. The number of carboxylic acid groups (broad SMARTS) is 1. The number of aromatic nitrogens is 1. The van der Waals surface area contributed by atoms with Crippen LogP contribution in [0.2, 0.25) is 0 Å². The van der Waals surface area contributed by atoms with E-state index in [0.29, 0.717) is 23.9 Å². The van der Waals surface area contributed by atoms with Crippen LogP contribution in [0.5, 0.6) is 5.75 Å². The first-order valence-electron chi connectivity index (χ1n) is 7.65. The molecule has 1 amide bonds. The summed E-state index contributed by atoms with van der Waals surface area (Å²) < 4.78 is 5.55. The van der Waals surface area contributed by atoms with E-state index in [2.05, 4.69) is 10.3 Å². The van der Waals surface area contributed by atoms with Crippen molar-refractivity contribution in [1.82, 2.24) is 10.3 Å².